The first-order valence-electron chi connectivity index (χ1n) is 6.52. The van der Waals surface area contributed by atoms with Gasteiger partial charge in [-0.3, -0.25) is 0 Å². The highest BCUT2D eigenvalue weighted by molar-refractivity contribution is 9.10. The third-order valence-electron chi connectivity index (χ3n) is 3.45. The molecule has 0 aliphatic rings. The average molecular weight is 326 g/mol. The summed E-state index contributed by atoms with van der Waals surface area (Å²) in [7, 11) is 0. The molecule has 20 heavy (non-hydrogen) atoms. The van der Waals surface area contributed by atoms with Gasteiger partial charge in [-0.05, 0) is 36.1 Å². The Morgan fingerprint density at radius 2 is 1.75 bits per heavy atom. The average Bonchev–Trinajstić information content (AvgIpc) is 2.48. The van der Waals surface area contributed by atoms with Gasteiger partial charge in [-0.1, -0.05) is 64.5 Å². The summed E-state index contributed by atoms with van der Waals surface area (Å²) >= 11 is 3.44. The predicted molar refractivity (Wildman–Crippen MR) is 86.4 cm³/mol. The van der Waals surface area contributed by atoms with E-state index in [0.29, 0.717) is 12.8 Å². The fourth-order valence-corrected chi connectivity index (χ4v) is 2.67. The van der Waals surface area contributed by atoms with Crippen LogP contribution in [0.4, 0.5) is 0 Å². The molecule has 0 radical (unpaired) electrons. The van der Waals surface area contributed by atoms with Crippen LogP contribution in [0.5, 0.6) is 0 Å². The Balaban J connectivity index is 2.42. The van der Waals surface area contributed by atoms with Gasteiger partial charge >= 0.3 is 0 Å². The first-order chi connectivity index (χ1) is 9.70. The lowest BCUT2D eigenvalue weighted by Gasteiger charge is -2.26. The van der Waals surface area contributed by atoms with Gasteiger partial charge in [-0.15, -0.1) is 6.58 Å². The number of rotatable bonds is 5. The van der Waals surface area contributed by atoms with Crippen molar-refractivity contribution < 1.29 is 0 Å². The first kappa shape index (κ1) is 14.6. The minimum atomic E-state index is -0.552. The largest absolute Gasteiger partial charge is 0.197 e. The number of allylic oxidation sites excluding steroid dienone is 1. The second kappa shape index (κ2) is 6.54. The van der Waals surface area contributed by atoms with E-state index < -0.39 is 5.41 Å². The molecule has 0 aliphatic heterocycles. The van der Waals surface area contributed by atoms with Crippen LogP contribution >= 0.6 is 15.9 Å². The van der Waals surface area contributed by atoms with Crippen LogP contribution in [0.15, 0.2) is 71.7 Å². The van der Waals surface area contributed by atoms with Gasteiger partial charge in [0.05, 0.1) is 11.5 Å². The lowest BCUT2D eigenvalue weighted by atomic mass is 9.74. The van der Waals surface area contributed by atoms with E-state index in [0.717, 1.165) is 10.0 Å². The Labute approximate surface area is 128 Å². The molecular formula is C18H16BrN. The molecule has 0 amide bonds. The summed E-state index contributed by atoms with van der Waals surface area (Å²) in [4.78, 5) is 0. The highest BCUT2D eigenvalue weighted by Crippen LogP contribution is 2.32. The molecule has 0 N–H and O–H groups in total. The Bertz CT molecular complexity index is 610. The van der Waals surface area contributed by atoms with Gasteiger partial charge in [0.15, 0.2) is 0 Å². The number of benzene rings is 2. The number of nitriles is 1. The summed E-state index contributed by atoms with van der Waals surface area (Å²) in [5.74, 6) is 0. The predicted octanol–water partition coefficient (Wildman–Crippen LogP) is 5.03. The van der Waals surface area contributed by atoms with Crippen LogP contribution in [-0.4, -0.2) is 0 Å². The van der Waals surface area contributed by atoms with Crippen LogP contribution < -0.4 is 0 Å². The first-order valence-corrected chi connectivity index (χ1v) is 7.31. The van der Waals surface area contributed by atoms with Crippen LogP contribution in [0.3, 0.4) is 0 Å². The summed E-state index contributed by atoms with van der Waals surface area (Å²) in [6.07, 6.45) is 3.16. The number of hydrogen-bond acceptors (Lipinski definition) is 1. The summed E-state index contributed by atoms with van der Waals surface area (Å²) < 4.78 is 1.02. The van der Waals surface area contributed by atoms with Crippen LogP contribution in [0.2, 0.25) is 0 Å². The quantitative estimate of drug-likeness (QED) is 0.707. The monoisotopic (exact) mass is 325 g/mol. The van der Waals surface area contributed by atoms with Crippen molar-refractivity contribution in [1.82, 2.24) is 0 Å². The van der Waals surface area contributed by atoms with Gasteiger partial charge in [0.1, 0.15) is 0 Å². The molecule has 100 valence electrons. The van der Waals surface area contributed by atoms with E-state index in [4.69, 9.17) is 0 Å². The van der Waals surface area contributed by atoms with Crippen molar-refractivity contribution in [3.05, 3.63) is 82.9 Å². The van der Waals surface area contributed by atoms with E-state index in [1.54, 1.807) is 0 Å². The summed E-state index contributed by atoms with van der Waals surface area (Å²) in [5.41, 5.74) is 1.65. The van der Waals surface area contributed by atoms with Gasteiger partial charge in [-0.25, -0.2) is 0 Å². The fraction of sp³-hybridized carbons (Fsp3) is 0.167. The minimum absolute atomic E-state index is 0.552. The summed E-state index contributed by atoms with van der Waals surface area (Å²) in [6, 6.07) is 20.6. The number of hydrogen-bond donors (Lipinski definition) is 0. The second-order valence-corrected chi connectivity index (χ2v) is 5.77. The van der Waals surface area contributed by atoms with Gasteiger partial charge in [0.2, 0.25) is 0 Å². The normalized spacial score (nSPS) is 13.2. The smallest absolute Gasteiger partial charge is 0.0896 e. The van der Waals surface area contributed by atoms with Gasteiger partial charge < -0.3 is 0 Å². The molecule has 2 aromatic rings. The molecule has 0 fully saturated rings. The zero-order valence-corrected chi connectivity index (χ0v) is 12.8. The summed E-state index contributed by atoms with van der Waals surface area (Å²) in [6.45, 7) is 3.82. The zero-order chi connectivity index (χ0) is 14.4. The Hall–Kier alpha value is -1.85. The molecule has 0 saturated heterocycles. The lowest BCUT2D eigenvalue weighted by Crippen LogP contribution is -2.26. The minimum Gasteiger partial charge on any atom is -0.197 e. The molecule has 2 aromatic carbocycles. The lowest BCUT2D eigenvalue weighted by molar-refractivity contribution is 0.553. The van der Waals surface area contributed by atoms with E-state index in [1.165, 1.54) is 5.56 Å². The molecule has 0 spiro atoms. The SMILES string of the molecule is C=CC[C@](C#N)(Cc1ccccc1)c1ccc(Br)cc1. The van der Waals surface area contributed by atoms with Crippen LogP contribution in [0, 0.1) is 11.3 Å². The van der Waals surface area contributed by atoms with Crippen molar-refractivity contribution in [1.29, 1.82) is 5.26 Å². The second-order valence-electron chi connectivity index (χ2n) is 4.86. The molecule has 0 saturated carbocycles. The van der Waals surface area contributed by atoms with Gasteiger partial charge in [0.25, 0.3) is 0 Å². The Morgan fingerprint density at radius 3 is 2.30 bits per heavy atom. The molecule has 0 aliphatic carbocycles. The molecule has 1 nitrogen and oxygen atoms in total. The van der Waals surface area contributed by atoms with Crippen molar-refractivity contribution >= 4 is 15.9 Å². The van der Waals surface area contributed by atoms with Crippen LogP contribution in [0.25, 0.3) is 0 Å². The van der Waals surface area contributed by atoms with Crippen LogP contribution in [0.1, 0.15) is 17.5 Å². The Morgan fingerprint density at radius 1 is 1.10 bits per heavy atom. The van der Waals surface area contributed by atoms with E-state index in [2.05, 4.69) is 40.7 Å². The van der Waals surface area contributed by atoms with Crippen LogP contribution in [-0.2, 0) is 11.8 Å². The van der Waals surface area contributed by atoms with Crippen molar-refractivity contribution in [2.75, 3.05) is 0 Å². The van der Waals surface area contributed by atoms with Gasteiger partial charge in [0, 0.05) is 4.47 Å². The van der Waals surface area contributed by atoms with Crippen molar-refractivity contribution in [2.24, 2.45) is 0 Å². The van der Waals surface area contributed by atoms with Gasteiger partial charge in [-0.2, -0.15) is 5.26 Å². The molecular weight excluding hydrogens is 310 g/mol. The van der Waals surface area contributed by atoms with E-state index in [1.807, 2.05) is 48.5 Å². The topological polar surface area (TPSA) is 23.8 Å². The highest BCUT2D eigenvalue weighted by atomic mass is 79.9. The molecule has 0 aromatic heterocycles. The van der Waals surface area contributed by atoms with E-state index in [9.17, 15) is 5.26 Å². The Kier molecular flexibility index (Phi) is 4.76. The zero-order valence-electron chi connectivity index (χ0n) is 11.2. The number of halogens is 1. The third-order valence-corrected chi connectivity index (χ3v) is 3.98. The third kappa shape index (κ3) is 3.18. The maximum atomic E-state index is 9.78. The molecule has 1 atom stereocenters. The van der Waals surface area contributed by atoms with Crippen molar-refractivity contribution in [2.45, 2.75) is 18.3 Å². The standard InChI is InChI=1S/C18H16BrN/c1-2-12-18(14-20,13-15-6-4-3-5-7-15)16-8-10-17(19)11-9-16/h2-11H,1,12-13H2/t18-/m1/s1. The maximum absolute atomic E-state index is 9.78. The highest BCUT2D eigenvalue weighted by Gasteiger charge is 2.31. The molecule has 2 heteroatoms. The van der Waals surface area contributed by atoms with Crippen molar-refractivity contribution in [3.8, 4) is 6.07 Å². The summed E-state index contributed by atoms with van der Waals surface area (Å²) in [5, 5.41) is 9.78. The van der Waals surface area contributed by atoms with Crippen molar-refractivity contribution in [3.63, 3.8) is 0 Å². The molecule has 0 unspecified atom stereocenters. The fourth-order valence-electron chi connectivity index (χ4n) is 2.40. The molecule has 0 heterocycles. The van der Waals surface area contributed by atoms with E-state index >= 15 is 0 Å². The number of nitrogens with zero attached hydrogens (tertiary/aromatic N) is 1. The molecule has 2 rings (SSSR count). The molecule has 0 bridgehead atoms. The maximum Gasteiger partial charge on any atom is 0.0896 e. The van der Waals surface area contributed by atoms with E-state index in [-0.39, 0.29) is 0 Å².